The molecule has 1 aliphatic carbocycles. The van der Waals surface area contributed by atoms with Crippen LogP contribution < -0.4 is 20.5 Å². The Morgan fingerprint density at radius 3 is 2.60 bits per heavy atom. The lowest BCUT2D eigenvalue weighted by atomic mass is 10.0. The Balaban J connectivity index is 1.46. The first-order chi connectivity index (χ1) is 22.2. The van der Waals surface area contributed by atoms with Crippen LogP contribution in [0.5, 0.6) is 6.01 Å². The van der Waals surface area contributed by atoms with Gasteiger partial charge in [-0.15, -0.1) is 0 Å². The number of amides is 3. The van der Waals surface area contributed by atoms with E-state index in [9.17, 15) is 22.8 Å². The highest BCUT2D eigenvalue weighted by atomic mass is 32.2. The average Bonchev–Trinajstić information content (AvgIpc) is 3.33. The summed E-state index contributed by atoms with van der Waals surface area (Å²) in [7, 11) is -1.47. The minimum atomic E-state index is -4.10. The number of hydrogen-bond acceptors (Lipinski definition) is 8. The molecular formula is C33H49N7O6S. The maximum absolute atomic E-state index is 14.1. The summed E-state index contributed by atoms with van der Waals surface area (Å²) < 4.78 is 36.7. The summed E-state index contributed by atoms with van der Waals surface area (Å²) >= 11 is 0. The van der Waals surface area contributed by atoms with Gasteiger partial charge in [-0.25, -0.2) is 4.72 Å². The van der Waals surface area contributed by atoms with E-state index in [4.69, 9.17) is 15.5 Å². The van der Waals surface area contributed by atoms with E-state index in [2.05, 4.69) is 48.4 Å². The molecule has 0 radical (unpaired) electrons. The first-order valence-corrected chi connectivity index (χ1v) is 18.1. The predicted octanol–water partition coefficient (Wildman–Crippen LogP) is 2.73. The van der Waals surface area contributed by atoms with Crippen molar-refractivity contribution >= 4 is 39.0 Å². The third-order valence-electron chi connectivity index (χ3n) is 9.51. The molecule has 4 N–H and O–H groups in total. The standard InChI is InChI=1S/C33H49N7O6S/c1-20(2)24-14-12-16-26-28(24)40(21(3)4)32(35-26)46-23-17-27-29(41)36-33(31(43)37-47(44,45)38(5)6)18-22(33)13-10-8-7-9-11-15-25(34)30(42)39(27)19-23/h10,12-14,16,20-23,25,27H,7-9,11,15,17-19,34H2,1-6H3,(H,36,41)(H,37,43). The molecule has 47 heavy (non-hydrogen) atoms. The SMILES string of the molecule is CC(C)c1cccc2nc(OC3CC4C(=O)NC5(C(=O)NS(=O)(=O)N(C)C)CC5C=CCCCCCC(N)C(=O)N4C3)n(C(C)C)c12. The van der Waals surface area contributed by atoms with E-state index in [-0.39, 0.29) is 37.3 Å². The van der Waals surface area contributed by atoms with Crippen LogP contribution in [-0.2, 0) is 24.6 Å². The summed E-state index contributed by atoms with van der Waals surface area (Å²) in [6, 6.07) is 4.67. The van der Waals surface area contributed by atoms with Crippen LogP contribution in [-0.4, -0.2) is 89.3 Å². The number of rotatable bonds is 7. The normalized spacial score (nSPS) is 27.4. The van der Waals surface area contributed by atoms with Crippen molar-refractivity contribution in [1.29, 1.82) is 0 Å². The van der Waals surface area contributed by atoms with Gasteiger partial charge in [-0.1, -0.05) is 51.0 Å². The van der Waals surface area contributed by atoms with Crippen molar-refractivity contribution in [2.75, 3.05) is 20.6 Å². The molecule has 3 heterocycles. The fourth-order valence-corrected chi connectivity index (χ4v) is 7.29. The summed E-state index contributed by atoms with van der Waals surface area (Å²) in [5.41, 5.74) is 7.87. The zero-order valence-electron chi connectivity index (χ0n) is 28.2. The Morgan fingerprint density at radius 1 is 1.17 bits per heavy atom. The van der Waals surface area contributed by atoms with Crippen molar-refractivity contribution in [3.05, 3.63) is 35.9 Å². The number of para-hydroxylation sites is 1. The van der Waals surface area contributed by atoms with Gasteiger partial charge in [0.1, 0.15) is 17.7 Å². The molecular weight excluding hydrogens is 622 g/mol. The van der Waals surface area contributed by atoms with Crippen molar-refractivity contribution in [2.45, 2.75) is 108 Å². The molecule has 1 saturated heterocycles. The lowest BCUT2D eigenvalue weighted by molar-refractivity contribution is -0.140. The van der Waals surface area contributed by atoms with Crippen molar-refractivity contribution in [3.8, 4) is 6.01 Å². The van der Waals surface area contributed by atoms with Crippen molar-refractivity contribution in [1.82, 2.24) is 28.8 Å². The highest BCUT2D eigenvalue weighted by Crippen LogP contribution is 2.46. The number of carbonyl (C=O) groups is 3. The van der Waals surface area contributed by atoms with E-state index in [1.54, 1.807) is 0 Å². The number of aromatic nitrogens is 2. The number of allylic oxidation sites excluding steroid dienone is 1. The molecule has 5 rings (SSSR count). The number of carbonyl (C=O) groups excluding carboxylic acids is 3. The van der Waals surface area contributed by atoms with Gasteiger partial charge < -0.3 is 20.7 Å². The molecule has 1 aromatic carbocycles. The average molecular weight is 672 g/mol. The summed E-state index contributed by atoms with van der Waals surface area (Å²) in [4.78, 5) is 47.6. The molecule has 3 amide bonds. The van der Waals surface area contributed by atoms with E-state index >= 15 is 0 Å². The van der Waals surface area contributed by atoms with Crippen molar-refractivity contribution in [3.63, 3.8) is 0 Å². The number of nitrogens with one attached hydrogen (secondary N) is 2. The lowest BCUT2D eigenvalue weighted by Gasteiger charge is -2.28. The summed E-state index contributed by atoms with van der Waals surface area (Å²) in [6.45, 7) is 8.49. The Bertz CT molecular complexity index is 1650. The van der Waals surface area contributed by atoms with E-state index in [0.717, 1.165) is 46.6 Å². The third kappa shape index (κ3) is 7.05. The van der Waals surface area contributed by atoms with Gasteiger partial charge >= 0.3 is 10.2 Å². The Labute approximate surface area is 277 Å². The molecule has 5 unspecified atom stereocenters. The highest BCUT2D eigenvalue weighted by Gasteiger charge is 2.61. The number of nitrogens with two attached hydrogens (primary N) is 1. The van der Waals surface area contributed by atoms with E-state index < -0.39 is 51.7 Å². The molecule has 2 fully saturated rings. The molecule has 5 atom stereocenters. The topological polar surface area (TPSA) is 169 Å². The fourth-order valence-electron chi connectivity index (χ4n) is 6.69. The summed E-state index contributed by atoms with van der Waals surface area (Å²) in [5, 5.41) is 2.86. The third-order valence-corrected chi connectivity index (χ3v) is 10.9. The van der Waals surface area contributed by atoms with Gasteiger partial charge in [0, 0.05) is 32.5 Å². The van der Waals surface area contributed by atoms with E-state index in [1.807, 2.05) is 24.3 Å². The van der Waals surface area contributed by atoms with Gasteiger partial charge in [0.05, 0.1) is 23.6 Å². The molecule has 1 saturated carbocycles. The van der Waals surface area contributed by atoms with Crippen LogP contribution in [0.25, 0.3) is 11.0 Å². The van der Waals surface area contributed by atoms with Crippen LogP contribution in [0.3, 0.4) is 0 Å². The van der Waals surface area contributed by atoms with Gasteiger partial charge in [-0.2, -0.15) is 17.7 Å². The zero-order valence-corrected chi connectivity index (χ0v) is 29.0. The number of hydrogen-bond donors (Lipinski definition) is 3. The molecule has 0 spiro atoms. The second-order valence-electron chi connectivity index (χ2n) is 13.9. The van der Waals surface area contributed by atoms with Gasteiger partial charge in [0.25, 0.3) is 11.9 Å². The number of imidazole rings is 1. The molecule has 3 aliphatic rings. The van der Waals surface area contributed by atoms with E-state index in [0.29, 0.717) is 12.4 Å². The Morgan fingerprint density at radius 2 is 1.91 bits per heavy atom. The van der Waals surface area contributed by atoms with Gasteiger partial charge in [-0.3, -0.25) is 19.0 Å². The number of nitrogens with zero attached hydrogens (tertiary/aromatic N) is 4. The molecule has 0 bridgehead atoms. The van der Waals surface area contributed by atoms with Gasteiger partial charge in [0.2, 0.25) is 11.8 Å². The fraction of sp³-hybridized carbons (Fsp3) is 0.636. The smallest absolute Gasteiger partial charge is 0.303 e. The number of fused-ring (bicyclic) bond motifs is 3. The maximum Gasteiger partial charge on any atom is 0.303 e. The van der Waals surface area contributed by atoms with Crippen molar-refractivity contribution in [2.24, 2.45) is 11.7 Å². The van der Waals surface area contributed by atoms with Crippen LogP contribution in [0.2, 0.25) is 0 Å². The minimum Gasteiger partial charge on any atom is -0.459 e. The van der Waals surface area contributed by atoms with Crippen LogP contribution in [0.15, 0.2) is 30.4 Å². The lowest BCUT2D eigenvalue weighted by Crippen LogP contribution is -2.58. The quantitative estimate of drug-likeness (QED) is 0.378. The van der Waals surface area contributed by atoms with E-state index in [1.165, 1.54) is 19.0 Å². The largest absolute Gasteiger partial charge is 0.459 e. The monoisotopic (exact) mass is 671 g/mol. The molecule has 14 heteroatoms. The predicted molar refractivity (Wildman–Crippen MR) is 179 cm³/mol. The first-order valence-electron chi connectivity index (χ1n) is 16.6. The second-order valence-corrected chi connectivity index (χ2v) is 15.8. The molecule has 13 nitrogen and oxygen atoms in total. The summed E-state index contributed by atoms with van der Waals surface area (Å²) in [5.74, 6) is -1.86. The zero-order chi connectivity index (χ0) is 34.3. The van der Waals surface area contributed by atoms with Gasteiger partial charge in [-0.05, 0) is 57.1 Å². The van der Waals surface area contributed by atoms with Crippen LogP contribution in [0, 0.1) is 5.92 Å². The van der Waals surface area contributed by atoms with Crippen molar-refractivity contribution < 1.29 is 27.5 Å². The number of benzene rings is 1. The number of ether oxygens (including phenoxy) is 1. The van der Waals surface area contributed by atoms with Crippen LogP contribution in [0.1, 0.15) is 90.2 Å². The molecule has 258 valence electrons. The Kier molecular flexibility index (Phi) is 10.0. The second kappa shape index (κ2) is 13.6. The Hall–Kier alpha value is -3.49. The van der Waals surface area contributed by atoms with Crippen LogP contribution >= 0.6 is 0 Å². The summed E-state index contributed by atoms with van der Waals surface area (Å²) in [6.07, 6.45) is 7.41. The highest BCUT2D eigenvalue weighted by molar-refractivity contribution is 7.87. The molecule has 1 aromatic heterocycles. The first kappa shape index (κ1) is 34.8. The minimum absolute atomic E-state index is 0.0248. The molecule has 2 aromatic rings. The van der Waals surface area contributed by atoms with Gasteiger partial charge in [0.15, 0.2) is 0 Å². The molecule has 2 aliphatic heterocycles. The maximum atomic E-state index is 14.1. The van der Waals surface area contributed by atoms with Crippen LogP contribution in [0.4, 0.5) is 0 Å².